The van der Waals surface area contributed by atoms with Crippen LogP contribution in [0.4, 0.5) is 0 Å². The van der Waals surface area contributed by atoms with E-state index in [4.69, 9.17) is 0 Å². The number of nitrogens with zero attached hydrogens (tertiary/aromatic N) is 2. The SMILES string of the molecule is CC(C)=C(CB(N(C)C)N(C)C)C[C](=C(C)C)[Sn]([CH3])([CH3])[CH3]. The number of allylic oxidation sites excluding steroid dienone is 4. The van der Waals surface area contributed by atoms with Gasteiger partial charge in [0.1, 0.15) is 0 Å². The summed E-state index contributed by atoms with van der Waals surface area (Å²) in [4.78, 5) is 12.3. The van der Waals surface area contributed by atoms with Gasteiger partial charge in [-0.3, -0.25) is 0 Å². The van der Waals surface area contributed by atoms with Gasteiger partial charge in [-0.25, -0.2) is 0 Å². The molecule has 0 aromatic rings. The summed E-state index contributed by atoms with van der Waals surface area (Å²) in [5.74, 6) is 0. The van der Waals surface area contributed by atoms with Crippen molar-refractivity contribution in [3.8, 4) is 0 Å². The molecule has 0 saturated heterocycles. The molecule has 0 N–H and O–H groups in total. The summed E-state index contributed by atoms with van der Waals surface area (Å²) in [7, 11) is 8.71. The monoisotopic (exact) mass is 400 g/mol. The summed E-state index contributed by atoms with van der Waals surface area (Å²) in [5, 5.41) is 0. The Balaban J connectivity index is 5.39. The first-order valence-corrected chi connectivity index (χ1v) is 18.0. The Labute approximate surface area is 138 Å². The number of rotatable bonds is 7. The van der Waals surface area contributed by atoms with E-state index in [2.05, 4.69) is 80.3 Å². The molecule has 0 aliphatic rings. The van der Waals surface area contributed by atoms with E-state index in [1.807, 2.05) is 0 Å². The summed E-state index contributed by atoms with van der Waals surface area (Å²) in [5.41, 5.74) is 4.69. The van der Waals surface area contributed by atoms with E-state index in [1.165, 1.54) is 12.0 Å². The molecule has 0 spiro atoms. The molecule has 0 radical (unpaired) electrons. The van der Waals surface area contributed by atoms with E-state index in [1.54, 1.807) is 14.7 Å². The first-order chi connectivity index (χ1) is 9.37. The Morgan fingerprint density at radius 2 is 1.24 bits per heavy atom. The van der Waals surface area contributed by atoms with Crippen molar-refractivity contribution in [3.05, 3.63) is 20.3 Å². The molecule has 2 nitrogen and oxygen atoms in total. The van der Waals surface area contributed by atoms with E-state index in [0.717, 1.165) is 6.32 Å². The molecule has 0 rings (SSSR count). The molecule has 0 aromatic carbocycles. The summed E-state index contributed by atoms with van der Waals surface area (Å²) < 4.78 is 1.79. The Kier molecular flexibility index (Phi) is 8.89. The summed E-state index contributed by atoms with van der Waals surface area (Å²) >= 11 is -2.01. The molecule has 0 saturated carbocycles. The molecule has 0 fully saturated rings. The Morgan fingerprint density at radius 1 is 0.810 bits per heavy atom. The third kappa shape index (κ3) is 7.38. The number of hydrogen-bond acceptors (Lipinski definition) is 2. The van der Waals surface area contributed by atoms with E-state index in [0.29, 0.717) is 6.98 Å². The van der Waals surface area contributed by atoms with Crippen molar-refractivity contribution in [2.24, 2.45) is 0 Å². The van der Waals surface area contributed by atoms with Gasteiger partial charge in [0.15, 0.2) is 0 Å². The predicted octanol–water partition coefficient (Wildman–Crippen LogP) is 4.54. The minimum atomic E-state index is -2.01. The van der Waals surface area contributed by atoms with E-state index >= 15 is 0 Å². The van der Waals surface area contributed by atoms with Gasteiger partial charge in [0.05, 0.1) is 0 Å². The van der Waals surface area contributed by atoms with Crippen LogP contribution in [0, 0.1) is 0 Å². The predicted molar refractivity (Wildman–Crippen MR) is 103 cm³/mol. The van der Waals surface area contributed by atoms with E-state index in [9.17, 15) is 0 Å². The molecule has 0 aromatic heterocycles. The van der Waals surface area contributed by atoms with Gasteiger partial charge in [-0.2, -0.15) is 0 Å². The van der Waals surface area contributed by atoms with E-state index in [-0.39, 0.29) is 0 Å². The van der Waals surface area contributed by atoms with Gasteiger partial charge < -0.3 is 0 Å². The fourth-order valence-electron chi connectivity index (χ4n) is 2.91. The quantitative estimate of drug-likeness (QED) is 0.459. The molecule has 0 atom stereocenters. The topological polar surface area (TPSA) is 6.48 Å². The molecule has 0 amide bonds. The second-order valence-electron chi connectivity index (χ2n) is 8.12. The third-order valence-corrected chi connectivity index (χ3v) is 11.3. The first kappa shape index (κ1) is 21.3. The van der Waals surface area contributed by atoms with E-state index < -0.39 is 18.4 Å². The van der Waals surface area contributed by atoms with Crippen LogP contribution in [-0.2, 0) is 0 Å². The van der Waals surface area contributed by atoms with Crippen molar-refractivity contribution in [3.63, 3.8) is 0 Å². The van der Waals surface area contributed by atoms with Gasteiger partial charge in [0.2, 0.25) is 0 Å². The van der Waals surface area contributed by atoms with Gasteiger partial charge in [0, 0.05) is 0 Å². The number of hydrogen-bond donors (Lipinski definition) is 0. The zero-order valence-electron chi connectivity index (χ0n) is 16.4. The van der Waals surface area contributed by atoms with Crippen LogP contribution in [0.5, 0.6) is 0 Å². The molecular weight excluding hydrogens is 362 g/mol. The normalized spacial score (nSPS) is 11.9. The summed E-state index contributed by atoms with van der Waals surface area (Å²) in [6.07, 6.45) is 2.34. The van der Waals surface area contributed by atoms with Crippen molar-refractivity contribution >= 4 is 25.4 Å². The van der Waals surface area contributed by atoms with Gasteiger partial charge >= 0.3 is 139 Å². The van der Waals surface area contributed by atoms with Gasteiger partial charge in [-0.1, -0.05) is 0 Å². The van der Waals surface area contributed by atoms with Crippen LogP contribution in [0.15, 0.2) is 20.3 Å². The molecule has 0 heterocycles. The van der Waals surface area contributed by atoms with Crippen LogP contribution in [0.3, 0.4) is 0 Å². The fourth-order valence-corrected chi connectivity index (χ4v) is 9.31. The molecule has 21 heavy (non-hydrogen) atoms. The van der Waals surface area contributed by atoms with Gasteiger partial charge in [-0.15, -0.1) is 0 Å². The van der Waals surface area contributed by atoms with Crippen LogP contribution in [0.1, 0.15) is 34.1 Å². The van der Waals surface area contributed by atoms with Crippen molar-refractivity contribution in [1.29, 1.82) is 0 Å². The molecule has 0 bridgehead atoms. The maximum absolute atomic E-state index is 2.54. The minimum absolute atomic E-state index is 0.475. The average molecular weight is 399 g/mol. The van der Waals surface area contributed by atoms with Gasteiger partial charge in [0.25, 0.3) is 0 Å². The summed E-state index contributed by atoms with van der Waals surface area (Å²) in [6.45, 7) is 9.63. The Morgan fingerprint density at radius 3 is 1.48 bits per heavy atom. The van der Waals surface area contributed by atoms with Gasteiger partial charge in [-0.05, 0) is 0 Å². The zero-order valence-corrected chi connectivity index (χ0v) is 19.2. The van der Waals surface area contributed by atoms with Crippen molar-refractivity contribution in [2.75, 3.05) is 28.2 Å². The Hall–Kier alpha value is 0.264. The van der Waals surface area contributed by atoms with Crippen LogP contribution in [0.25, 0.3) is 0 Å². The Bertz CT molecular complexity index is 388. The zero-order chi connectivity index (χ0) is 17.0. The standard InChI is InChI=1S/C14H28BN2.3CH3.Sn/c1-12(2)9-10-14(13(3)4)11-15(16(5)6)17(7)8;;;;/h10-11H2,1-8H3;3*1H3;. The summed E-state index contributed by atoms with van der Waals surface area (Å²) in [6, 6.07) is 0. The molecule has 0 aliphatic carbocycles. The average Bonchev–Trinajstić information content (AvgIpc) is 2.24. The van der Waals surface area contributed by atoms with Crippen LogP contribution >= 0.6 is 0 Å². The second-order valence-corrected chi connectivity index (χ2v) is 22.7. The molecule has 0 unspecified atom stereocenters. The second kappa shape index (κ2) is 8.78. The fraction of sp³-hybridized carbons (Fsp3) is 0.765. The molecule has 4 heteroatoms. The third-order valence-electron chi connectivity index (χ3n) is 4.23. The van der Waals surface area contributed by atoms with Crippen LogP contribution < -0.4 is 0 Å². The van der Waals surface area contributed by atoms with Crippen LogP contribution in [-0.4, -0.2) is 63.2 Å². The maximum atomic E-state index is 2.54. The first-order valence-electron chi connectivity index (χ1n) is 8.02. The van der Waals surface area contributed by atoms with Crippen molar-refractivity contribution in [1.82, 2.24) is 9.62 Å². The van der Waals surface area contributed by atoms with Crippen molar-refractivity contribution < 1.29 is 0 Å². The van der Waals surface area contributed by atoms with Crippen molar-refractivity contribution in [2.45, 2.75) is 55.3 Å². The molecule has 122 valence electrons. The van der Waals surface area contributed by atoms with Crippen LogP contribution in [0.2, 0.25) is 21.1 Å². The molecular formula is C17H37BN2Sn. The molecule has 0 aliphatic heterocycles.